The number of aliphatic hydroxyl groups excluding tert-OH is 1. The number of carbonyl (C=O) groups is 2. The Morgan fingerprint density at radius 1 is 1.36 bits per heavy atom. The number of hydrogen-bond donors (Lipinski definition) is 1. The third kappa shape index (κ3) is 1.30. The Balaban J connectivity index is 2.06. The van der Waals surface area contributed by atoms with Crippen molar-refractivity contribution in [2.24, 2.45) is 11.8 Å². The van der Waals surface area contributed by atoms with Crippen LogP contribution in [0.25, 0.3) is 0 Å². The zero-order chi connectivity index (χ0) is 10.5. The van der Waals surface area contributed by atoms with Gasteiger partial charge in [0.15, 0.2) is 0 Å². The second kappa shape index (κ2) is 2.73. The second-order valence-electron chi connectivity index (χ2n) is 3.73. The minimum Gasteiger partial charge on any atom is -0.390 e. The van der Waals surface area contributed by atoms with E-state index < -0.39 is 30.9 Å². The summed E-state index contributed by atoms with van der Waals surface area (Å²) in [4.78, 5) is 23.0. The zero-order valence-electron chi connectivity index (χ0n) is 7.24. The Kier molecular flexibility index (Phi) is 1.85. The van der Waals surface area contributed by atoms with Crippen LogP contribution in [0.1, 0.15) is 6.42 Å². The van der Waals surface area contributed by atoms with Crippen molar-refractivity contribution in [3.8, 4) is 0 Å². The normalized spacial score (nSPS) is 30.9. The van der Waals surface area contributed by atoms with Crippen molar-refractivity contribution in [1.29, 1.82) is 0 Å². The van der Waals surface area contributed by atoms with Crippen molar-refractivity contribution in [1.82, 2.24) is 4.90 Å². The van der Waals surface area contributed by atoms with Gasteiger partial charge in [-0.2, -0.15) is 0 Å². The molecule has 2 fully saturated rings. The van der Waals surface area contributed by atoms with Crippen LogP contribution in [0.4, 0.5) is 8.78 Å². The van der Waals surface area contributed by atoms with Crippen LogP contribution < -0.4 is 0 Å². The van der Waals surface area contributed by atoms with Crippen LogP contribution in [-0.2, 0) is 9.59 Å². The average molecular weight is 205 g/mol. The molecule has 0 radical (unpaired) electrons. The van der Waals surface area contributed by atoms with Gasteiger partial charge in [0.25, 0.3) is 5.92 Å². The van der Waals surface area contributed by atoms with Gasteiger partial charge < -0.3 is 5.11 Å². The maximum Gasteiger partial charge on any atom is 0.288 e. The lowest BCUT2D eigenvalue weighted by Crippen LogP contribution is -2.43. The molecule has 6 heteroatoms. The number of rotatable bonds is 3. The van der Waals surface area contributed by atoms with E-state index in [0.29, 0.717) is 11.3 Å². The van der Waals surface area contributed by atoms with Gasteiger partial charge in [0.1, 0.15) is 6.61 Å². The van der Waals surface area contributed by atoms with Crippen molar-refractivity contribution >= 4 is 11.8 Å². The Bertz CT molecular complexity index is 285. The predicted octanol–water partition coefficient (Wildman–Crippen LogP) is -0.381. The molecule has 0 bridgehead atoms. The van der Waals surface area contributed by atoms with Crippen molar-refractivity contribution in [3.05, 3.63) is 0 Å². The molecule has 78 valence electrons. The number of aliphatic hydroxyl groups is 1. The number of likely N-dealkylation sites (tertiary alicyclic amines) is 1. The second-order valence-corrected chi connectivity index (χ2v) is 3.73. The van der Waals surface area contributed by atoms with Gasteiger partial charge in [0.2, 0.25) is 11.8 Å². The highest BCUT2D eigenvalue weighted by atomic mass is 19.3. The van der Waals surface area contributed by atoms with Gasteiger partial charge in [-0.15, -0.1) is 0 Å². The SMILES string of the molecule is O=C1C2CC2C(=O)N1CC(F)(F)CO. The molecule has 0 aromatic rings. The maximum absolute atomic E-state index is 12.7. The van der Waals surface area contributed by atoms with Crippen LogP contribution >= 0.6 is 0 Å². The van der Waals surface area contributed by atoms with E-state index in [4.69, 9.17) is 5.11 Å². The number of hydrogen-bond acceptors (Lipinski definition) is 3. The fourth-order valence-corrected chi connectivity index (χ4v) is 1.69. The van der Waals surface area contributed by atoms with E-state index in [9.17, 15) is 18.4 Å². The number of piperidine rings is 1. The van der Waals surface area contributed by atoms with Crippen LogP contribution in [0.15, 0.2) is 0 Å². The van der Waals surface area contributed by atoms with Gasteiger partial charge in [0.05, 0.1) is 18.4 Å². The fraction of sp³-hybridized carbons (Fsp3) is 0.750. The fourth-order valence-electron chi connectivity index (χ4n) is 1.69. The summed E-state index contributed by atoms with van der Waals surface area (Å²) in [5.41, 5.74) is 0. The zero-order valence-corrected chi connectivity index (χ0v) is 7.24. The van der Waals surface area contributed by atoms with Crippen LogP contribution in [0.2, 0.25) is 0 Å². The summed E-state index contributed by atoms with van der Waals surface area (Å²) in [6.07, 6.45) is 0.499. The number of amides is 2. The molecule has 1 saturated heterocycles. The van der Waals surface area contributed by atoms with E-state index in [0.717, 1.165) is 0 Å². The lowest BCUT2D eigenvalue weighted by Gasteiger charge is -2.21. The van der Waals surface area contributed by atoms with E-state index in [2.05, 4.69) is 0 Å². The van der Waals surface area contributed by atoms with Gasteiger partial charge in [-0.1, -0.05) is 0 Å². The quantitative estimate of drug-likeness (QED) is 0.639. The standard InChI is InChI=1S/C8H9F2NO3/c9-8(10,3-12)2-11-6(13)4-1-5(4)7(11)14/h4-5,12H,1-3H2. The van der Waals surface area contributed by atoms with E-state index >= 15 is 0 Å². The monoisotopic (exact) mass is 205 g/mol. The van der Waals surface area contributed by atoms with Crippen LogP contribution in [0.3, 0.4) is 0 Å². The summed E-state index contributed by atoms with van der Waals surface area (Å²) in [5.74, 6) is -5.16. The number of halogens is 2. The molecule has 2 amide bonds. The van der Waals surface area contributed by atoms with Crippen LogP contribution in [0, 0.1) is 11.8 Å². The van der Waals surface area contributed by atoms with Crippen molar-refractivity contribution in [2.45, 2.75) is 12.3 Å². The van der Waals surface area contributed by atoms with Crippen molar-refractivity contribution < 1.29 is 23.5 Å². The molecule has 1 N–H and O–H groups in total. The molecule has 0 aromatic heterocycles. The number of nitrogens with zero attached hydrogens (tertiary/aromatic N) is 1. The van der Waals surface area contributed by atoms with E-state index in [-0.39, 0.29) is 11.8 Å². The molecule has 1 aliphatic carbocycles. The summed E-state index contributed by atoms with van der Waals surface area (Å²) in [6.45, 7) is -2.34. The maximum atomic E-state index is 12.7. The summed E-state index contributed by atoms with van der Waals surface area (Å²) in [5, 5.41) is 8.30. The average Bonchev–Trinajstić information content (AvgIpc) is 2.87. The smallest absolute Gasteiger partial charge is 0.288 e. The molecule has 1 heterocycles. The van der Waals surface area contributed by atoms with Crippen molar-refractivity contribution in [3.63, 3.8) is 0 Å². The first-order valence-corrected chi connectivity index (χ1v) is 4.30. The first-order valence-electron chi connectivity index (χ1n) is 4.30. The first kappa shape index (κ1) is 9.51. The molecule has 1 saturated carbocycles. The predicted molar refractivity (Wildman–Crippen MR) is 40.3 cm³/mol. The molecule has 2 unspecified atom stereocenters. The largest absolute Gasteiger partial charge is 0.390 e. The number of carbonyl (C=O) groups excluding carboxylic acids is 2. The van der Waals surface area contributed by atoms with Gasteiger partial charge in [0, 0.05) is 0 Å². The van der Waals surface area contributed by atoms with E-state index in [1.807, 2.05) is 0 Å². The lowest BCUT2D eigenvalue weighted by molar-refractivity contribution is -0.149. The lowest BCUT2D eigenvalue weighted by atomic mass is 10.3. The van der Waals surface area contributed by atoms with Gasteiger partial charge in [-0.05, 0) is 6.42 Å². The van der Waals surface area contributed by atoms with Crippen molar-refractivity contribution in [2.75, 3.05) is 13.2 Å². The van der Waals surface area contributed by atoms with Gasteiger partial charge in [-0.3, -0.25) is 14.5 Å². The molecular formula is C8H9F2NO3. The molecule has 4 nitrogen and oxygen atoms in total. The van der Waals surface area contributed by atoms with Gasteiger partial charge >= 0.3 is 0 Å². The Morgan fingerprint density at radius 3 is 2.29 bits per heavy atom. The summed E-state index contributed by atoms with van der Waals surface area (Å²) in [6, 6.07) is 0. The highest BCUT2D eigenvalue weighted by Gasteiger charge is 2.60. The Hall–Kier alpha value is -1.04. The minimum atomic E-state index is -3.39. The minimum absolute atomic E-state index is 0.364. The summed E-state index contributed by atoms with van der Waals surface area (Å²) >= 11 is 0. The molecule has 14 heavy (non-hydrogen) atoms. The third-order valence-corrected chi connectivity index (χ3v) is 2.58. The molecular weight excluding hydrogens is 196 g/mol. The Morgan fingerprint density at radius 2 is 1.86 bits per heavy atom. The number of imide groups is 1. The number of alkyl halides is 2. The highest BCUT2D eigenvalue weighted by Crippen LogP contribution is 2.47. The molecule has 1 aliphatic heterocycles. The van der Waals surface area contributed by atoms with Crippen LogP contribution in [0.5, 0.6) is 0 Å². The molecule has 2 rings (SSSR count). The van der Waals surface area contributed by atoms with Crippen LogP contribution in [-0.4, -0.2) is 40.9 Å². The molecule has 2 aliphatic rings. The first-order chi connectivity index (χ1) is 6.46. The van der Waals surface area contributed by atoms with E-state index in [1.165, 1.54) is 0 Å². The Labute approximate surface area is 78.5 Å². The summed E-state index contributed by atoms with van der Waals surface area (Å²) in [7, 11) is 0. The molecule has 2 atom stereocenters. The topological polar surface area (TPSA) is 57.6 Å². The van der Waals surface area contributed by atoms with Gasteiger partial charge in [-0.25, -0.2) is 8.78 Å². The third-order valence-electron chi connectivity index (χ3n) is 2.58. The number of fused-ring (bicyclic) bond motifs is 1. The molecule has 0 spiro atoms. The van der Waals surface area contributed by atoms with E-state index in [1.54, 1.807) is 0 Å². The summed E-state index contributed by atoms with van der Waals surface area (Å²) < 4.78 is 25.4. The molecule has 0 aromatic carbocycles. The highest BCUT2D eigenvalue weighted by molar-refractivity contribution is 6.08.